The molecule has 1 aliphatic heterocycles. The minimum atomic E-state index is 0.746. The van der Waals surface area contributed by atoms with Gasteiger partial charge < -0.3 is 19.7 Å². The van der Waals surface area contributed by atoms with Crippen LogP contribution in [0.3, 0.4) is 0 Å². The van der Waals surface area contributed by atoms with Gasteiger partial charge in [-0.05, 0) is 55.7 Å². The number of hydrogen-bond acceptors (Lipinski definition) is 6. The summed E-state index contributed by atoms with van der Waals surface area (Å²) in [5.41, 5.74) is 4.77. The Hall–Kier alpha value is -3.28. The van der Waals surface area contributed by atoms with Crippen molar-refractivity contribution in [1.82, 2.24) is 9.97 Å². The Labute approximate surface area is 171 Å². The molecule has 0 saturated carbocycles. The van der Waals surface area contributed by atoms with Gasteiger partial charge in [0, 0.05) is 24.8 Å². The van der Waals surface area contributed by atoms with Gasteiger partial charge in [0.15, 0.2) is 11.5 Å². The van der Waals surface area contributed by atoms with Gasteiger partial charge in [-0.2, -0.15) is 0 Å². The third kappa shape index (κ3) is 4.11. The summed E-state index contributed by atoms with van der Waals surface area (Å²) in [5.74, 6) is 4.01. The van der Waals surface area contributed by atoms with Gasteiger partial charge in [-0.3, -0.25) is 0 Å². The van der Waals surface area contributed by atoms with E-state index in [4.69, 9.17) is 9.47 Å². The number of hydrogen-bond donors (Lipinski definition) is 1. The highest BCUT2D eigenvalue weighted by Crippen LogP contribution is 2.34. The highest BCUT2D eigenvalue weighted by Gasteiger charge is 2.21. The first-order valence-corrected chi connectivity index (χ1v) is 9.74. The molecule has 2 aromatic carbocycles. The van der Waals surface area contributed by atoms with E-state index in [0.29, 0.717) is 0 Å². The predicted molar refractivity (Wildman–Crippen MR) is 116 cm³/mol. The molecule has 2 heterocycles. The smallest absolute Gasteiger partial charge is 0.161 e. The standard InChI is InChI=1S/C23H26N4O2/c1-15-5-7-19(8-6-15)26-22-13-23(25-16(2)24-22)27-10-9-17-11-20(28-3)21(29-4)12-18(17)14-27/h5-8,11-13H,9-10,14H2,1-4H3,(H,24,25,26). The van der Waals surface area contributed by atoms with Crippen LogP contribution in [0, 0.1) is 13.8 Å². The maximum absolute atomic E-state index is 5.48. The highest BCUT2D eigenvalue weighted by molar-refractivity contribution is 5.61. The van der Waals surface area contributed by atoms with Crippen LogP contribution in [0.1, 0.15) is 22.5 Å². The van der Waals surface area contributed by atoms with Gasteiger partial charge in [-0.15, -0.1) is 0 Å². The molecule has 1 aliphatic rings. The zero-order valence-corrected chi connectivity index (χ0v) is 17.3. The molecule has 1 N–H and O–H groups in total. The Morgan fingerprint density at radius 3 is 2.28 bits per heavy atom. The Balaban J connectivity index is 1.59. The largest absolute Gasteiger partial charge is 0.493 e. The third-order valence-corrected chi connectivity index (χ3v) is 5.19. The van der Waals surface area contributed by atoms with Crippen LogP contribution in [0.15, 0.2) is 42.5 Å². The van der Waals surface area contributed by atoms with E-state index >= 15 is 0 Å². The Morgan fingerprint density at radius 2 is 1.59 bits per heavy atom. The molecule has 29 heavy (non-hydrogen) atoms. The molecule has 0 bridgehead atoms. The first-order chi connectivity index (χ1) is 14.1. The minimum absolute atomic E-state index is 0.746. The molecule has 3 aromatic rings. The van der Waals surface area contributed by atoms with Crippen LogP contribution in [0.2, 0.25) is 0 Å². The van der Waals surface area contributed by atoms with Crippen LogP contribution in [0.4, 0.5) is 17.3 Å². The average Bonchev–Trinajstić information content (AvgIpc) is 2.73. The van der Waals surface area contributed by atoms with Crippen LogP contribution in [0.5, 0.6) is 11.5 Å². The van der Waals surface area contributed by atoms with E-state index in [-0.39, 0.29) is 0 Å². The summed E-state index contributed by atoms with van der Waals surface area (Å²) in [7, 11) is 3.34. The molecule has 0 aliphatic carbocycles. The number of fused-ring (bicyclic) bond motifs is 1. The lowest BCUT2D eigenvalue weighted by molar-refractivity contribution is 0.353. The molecule has 6 heteroatoms. The molecule has 0 spiro atoms. The molecule has 0 amide bonds. The number of aromatic nitrogens is 2. The highest BCUT2D eigenvalue weighted by atomic mass is 16.5. The van der Waals surface area contributed by atoms with E-state index < -0.39 is 0 Å². The van der Waals surface area contributed by atoms with E-state index in [9.17, 15) is 0 Å². The fourth-order valence-electron chi connectivity index (χ4n) is 3.64. The van der Waals surface area contributed by atoms with Crippen LogP contribution in [0.25, 0.3) is 0 Å². The van der Waals surface area contributed by atoms with Crippen molar-refractivity contribution in [2.75, 3.05) is 31.0 Å². The summed E-state index contributed by atoms with van der Waals surface area (Å²) in [4.78, 5) is 11.5. The van der Waals surface area contributed by atoms with Gasteiger partial charge >= 0.3 is 0 Å². The first kappa shape index (κ1) is 19.1. The summed E-state index contributed by atoms with van der Waals surface area (Å²) in [6.07, 6.45) is 0.930. The Morgan fingerprint density at radius 1 is 0.897 bits per heavy atom. The normalized spacial score (nSPS) is 13.0. The molecule has 150 valence electrons. The van der Waals surface area contributed by atoms with Crippen molar-refractivity contribution in [3.05, 3.63) is 65.0 Å². The molecule has 0 atom stereocenters. The second kappa shape index (κ2) is 7.99. The van der Waals surface area contributed by atoms with Crippen molar-refractivity contribution >= 4 is 17.3 Å². The lowest BCUT2D eigenvalue weighted by atomic mass is 9.99. The molecule has 4 rings (SSSR count). The molecule has 6 nitrogen and oxygen atoms in total. The van der Waals surface area contributed by atoms with Crippen molar-refractivity contribution < 1.29 is 9.47 Å². The first-order valence-electron chi connectivity index (χ1n) is 9.74. The quantitative estimate of drug-likeness (QED) is 0.696. The Kier molecular flexibility index (Phi) is 5.25. The molecular formula is C23H26N4O2. The van der Waals surface area contributed by atoms with Gasteiger partial charge in [0.05, 0.1) is 14.2 Å². The van der Waals surface area contributed by atoms with E-state index in [0.717, 1.165) is 54.2 Å². The number of nitrogens with zero attached hydrogens (tertiary/aromatic N) is 3. The topological polar surface area (TPSA) is 59.5 Å². The number of nitrogens with one attached hydrogen (secondary N) is 1. The zero-order chi connectivity index (χ0) is 20.4. The monoisotopic (exact) mass is 390 g/mol. The second-order valence-corrected chi connectivity index (χ2v) is 7.30. The van der Waals surface area contributed by atoms with E-state index in [1.54, 1.807) is 14.2 Å². The van der Waals surface area contributed by atoms with E-state index in [2.05, 4.69) is 63.5 Å². The molecule has 0 fully saturated rings. The van der Waals surface area contributed by atoms with Crippen LogP contribution in [-0.2, 0) is 13.0 Å². The van der Waals surface area contributed by atoms with E-state index in [1.165, 1.54) is 16.7 Å². The van der Waals surface area contributed by atoms with Crippen molar-refractivity contribution in [3.8, 4) is 11.5 Å². The van der Waals surface area contributed by atoms with Gasteiger partial charge in [-0.1, -0.05) is 17.7 Å². The SMILES string of the molecule is COc1cc2c(cc1OC)CN(c1cc(Nc3ccc(C)cc3)nc(C)n1)CC2. The van der Waals surface area contributed by atoms with E-state index in [1.807, 2.05) is 13.0 Å². The van der Waals surface area contributed by atoms with Crippen LogP contribution < -0.4 is 19.7 Å². The fourth-order valence-corrected chi connectivity index (χ4v) is 3.64. The summed E-state index contributed by atoms with van der Waals surface area (Å²) in [6, 6.07) is 14.5. The summed E-state index contributed by atoms with van der Waals surface area (Å²) in [6.45, 7) is 5.67. The lowest BCUT2D eigenvalue weighted by Crippen LogP contribution is -2.31. The number of aryl methyl sites for hydroxylation is 2. The van der Waals surface area contributed by atoms with Crippen molar-refractivity contribution in [1.29, 1.82) is 0 Å². The molecule has 0 unspecified atom stereocenters. The van der Waals surface area contributed by atoms with Gasteiger partial charge in [0.25, 0.3) is 0 Å². The maximum Gasteiger partial charge on any atom is 0.161 e. The zero-order valence-electron chi connectivity index (χ0n) is 17.3. The number of rotatable bonds is 5. The number of ether oxygens (including phenoxy) is 2. The number of anilines is 3. The van der Waals surface area contributed by atoms with Crippen molar-refractivity contribution in [3.63, 3.8) is 0 Å². The number of methoxy groups -OCH3 is 2. The Bertz CT molecular complexity index is 1020. The molecule has 0 radical (unpaired) electrons. The van der Waals surface area contributed by atoms with Gasteiger partial charge in [0.1, 0.15) is 17.5 Å². The van der Waals surface area contributed by atoms with Gasteiger partial charge in [-0.25, -0.2) is 9.97 Å². The van der Waals surface area contributed by atoms with Gasteiger partial charge in [0.2, 0.25) is 0 Å². The second-order valence-electron chi connectivity index (χ2n) is 7.30. The number of benzene rings is 2. The minimum Gasteiger partial charge on any atom is -0.493 e. The summed E-state index contributed by atoms with van der Waals surface area (Å²) >= 11 is 0. The third-order valence-electron chi connectivity index (χ3n) is 5.19. The molecule has 1 aromatic heterocycles. The van der Waals surface area contributed by atoms with Crippen molar-refractivity contribution in [2.45, 2.75) is 26.8 Å². The fraction of sp³-hybridized carbons (Fsp3) is 0.304. The van der Waals surface area contributed by atoms with Crippen LogP contribution >= 0.6 is 0 Å². The molecule has 0 saturated heterocycles. The summed E-state index contributed by atoms with van der Waals surface area (Å²) in [5, 5.41) is 3.39. The predicted octanol–water partition coefficient (Wildman–Crippen LogP) is 4.42. The summed E-state index contributed by atoms with van der Waals surface area (Å²) < 4.78 is 10.9. The molecular weight excluding hydrogens is 364 g/mol. The average molecular weight is 390 g/mol. The van der Waals surface area contributed by atoms with Crippen molar-refractivity contribution in [2.24, 2.45) is 0 Å². The maximum atomic E-state index is 5.48. The van der Waals surface area contributed by atoms with Crippen LogP contribution in [-0.4, -0.2) is 30.7 Å². The lowest BCUT2D eigenvalue weighted by Gasteiger charge is -2.30.